The molecule has 0 aliphatic carbocycles. The number of nitrogens with two attached hydrogens (primary N) is 1. The number of nitrogens with zero attached hydrogens (tertiary/aromatic N) is 1. The van der Waals surface area contributed by atoms with Crippen LogP contribution in [0.3, 0.4) is 0 Å². The molecule has 3 N–H and O–H groups in total. The first-order chi connectivity index (χ1) is 9.77. The van der Waals surface area contributed by atoms with Crippen molar-refractivity contribution in [1.29, 1.82) is 0 Å². The molecule has 8 heteroatoms. The van der Waals surface area contributed by atoms with Crippen molar-refractivity contribution in [2.24, 2.45) is 5.73 Å². The van der Waals surface area contributed by atoms with E-state index < -0.39 is 17.6 Å². The molecule has 0 fully saturated rings. The van der Waals surface area contributed by atoms with E-state index in [1.165, 1.54) is 12.1 Å². The third-order valence-electron chi connectivity index (χ3n) is 2.55. The Morgan fingerprint density at radius 3 is 2.52 bits per heavy atom. The summed E-state index contributed by atoms with van der Waals surface area (Å²) in [5.74, 6) is -1.09. The summed E-state index contributed by atoms with van der Waals surface area (Å²) < 4.78 is 51.0. The number of nitrogens with one attached hydrogen (secondary N) is 1. The summed E-state index contributed by atoms with van der Waals surface area (Å²) in [6.45, 7) is 0. The van der Waals surface area contributed by atoms with Crippen molar-refractivity contribution >= 4 is 28.7 Å². The van der Waals surface area contributed by atoms with Crippen LogP contribution < -0.4 is 11.1 Å². The van der Waals surface area contributed by atoms with Gasteiger partial charge >= 0.3 is 6.18 Å². The second-order valence-electron chi connectivity index (χ2n) is 4.09. The number of pyridine rings is 1. The molecule has 21 heavy (non-hydrogen) atoms. The summed E-state index contributed by atoms with van der Waals surface area (Å²) in [4.78, 5) is 4.09. The van der Waals surface area contributed by atoms with Gasteiger partial charge in [-0.2, -0.15) is 13.2 Å². The molecular weight excluding hydrogens is 306 g/mol. The normalized spacial score (nSPS) is 11.2. The van der Waals surface area contributed by atoms with Crippen molar-refractivity contribution in [2.75, 3.05) is 5.32 Å². The Hall–Kier alpha value is -2.22. The van der Waals surface area contributed by atoms with Crippen molar-refractivity contribution in [3.8, 4) is 0 Å². The Labute approximate surface area is 122 Å². The zero-order valence-electron chi connectivity index (χ0n) is 10.4. The largest absolute Gasteiger partial charge is 0.419 e. The maximum Gasteiger partial charge on any atom is 0.419 e. The van der Waals surface area contributed by atoms with Crippen LogP contribution in [0.4, 0.5) is 29.1 Å². The van der Waals surface area contributed by atoms with E-state index in [4.69, 9.17) is 18.0 Å². The summed E-state index contributed by atoms with van der Waals surface area (Å²) in [6, 6.07) is 7.28. The Bertz CT molecular complexity index is 685. The number of halogens is 4. The monoisotopic (exact) mass is 315 g/mol. The highest BCUT2D eigenvalue weighted by atomic mass is 32.1. The molecule has 0 saturated heterocycles. The van der Waals surface area contributed by atoms with Crippen molar-refractivity contribution in [1.82, 2.24) is 4.98 Å². The highest BCUT2D eigenvalue weighted by Crippen LogP contribution is 2.33. The van der Waals surface area contributed by atoms with Gasteiger partial charge in [0.1, 0.15) is 16.6 Å². The fraction of sp³-hybridized carbons (Fsp3) is 0.0769. The minimum Gasteiger partial charge on any atom is -0.388 e. The van der Waals surface area contributed by atoms with Gasteiger partial charge in [-0.05, 0) is 30.3 Å². The molecule has 1 aromatic heterocycles. The Morgan fingerprint density at radius 2 is 1.90 bits per heavy atom. The summed E-state index contributed by atoms with van der Waals surface area (Å²) in [5, 5.41) is 2.65. The van der Waals surface area contributed by atoms with E-state index in [9.17, 15) is 17.6 Å². The van der Waals surface area contributed by atoms with Gasteiger partial charge in [-0.3, -0.25) is 0 Å². The van der Waals surface area contributed by atoms with Gasteiger partial charge in [-0.15, -0.1) is 0 Å². The number of hydrogen-bond donors (Lipinski definition) is 2. The van der Waals surface area contributed by atoms with Crippen LogP contribution in [-0.2, 0) is 6.18 Å². The van der Waals surface area contributed by atoms with Crippen LogP contribution in [0.15, 0.2) is 36.4 Å². The molecule has 2 rings (SSSR count). The Balaban J connectivity index is 2.32. The Morgan fingerprint density at radius 1 is 1.19 bits per heavy atom. The third kappa shape index (κ3) is 3.66. The van der Waals surface area contributed by atoms with Gasteiger partial charge < -0.3 is 11.1 Å². The van der Waals surface area contributed by atoms with Crippen LogP contribution in [-0.4, -0.2) is 9.97 Å². The molecule has 110 valence electrons. The quantitative estimate of drug-likeness (QED) is 0.671. The number of rotatable bonds is 3. The summed E-state index contributed by atoms with van der Waals surface area (Å²) in [5.41, 5.74) is 4.45. The molecular formula is C13H9F4N3S. The number of anilines is 2. The van der Waals surface area contributed by atoms with Gasteiger partial charge in [-0.1, -0.05) is 18.3 Å². The van der Waals surface area contributed by atoms with Crippen LogP contribution in [0.5, 0.6) is 0 Å². The second kappa shape index (κ2) is 5.65. The number of aromatic nitrogens is 1. The fourth-order valence-electron chi connectivity index (χ4n) is 1.61. The van der Waals surface area contributed by atoms with Crippen LogP contribution in [0.2, 0.25) is 0 Å². The number of hydrogen-bond acceptors (Lipinski definition) is 3. The third-order valence-corrected chi connectivity index (χ3v) is 2.75. The first-order valence-corrected chi connectivity index (χ1v) is 6.09. The molecule has 0 saturated carbocycles. The van der Waals surface area contributed by atoms with Crippen molar-refractivity contribution in [2.45, 2.75) is 6.18 Å². The maximum absolute atomic E-state index is 13.2. The minimum atomic E-state index is -4.77. The van der Waals surface area contributed by atoms with E-state index >= 15 is 0 Å². The molecule has 3 nitrogen and oxygen atoms in total. The predicted octanol–water partition coefficient (Wildman–Crippen LogP) is 3.62. The van der Waals surface area contributed by atoms with E-state index in [1.54, 1.807) is 12.1 Å². The first kappa shape index (κ1) is 15.2. The Kier molecular flexibility index (Phi) is 4.08. The fourth-order valence-corrected chi connectivity index (χ4v) is 1.72. The molecule has 0 aliphatic rings. The standard InChI is InChI=1S/C13H9F4N3S/c14-9-5-4-7(6-8(9)13(15,16)17)19-11-3-1-2-10(20-11)12(18)21/h1-6H,(H2,18,21)(H,19,20). The van der Waals surface area contributed by atoms with E-state index in [2.05, 4.69) is 10.3 Å². The highest BCUT2D eigenvalue weighted by molar-refractivity contribution is 7.80. The predicted molar refractivity (Wildman–Crippen MR) is 74.8 cm³/mol. The zero-order valence-corrected chi connectivity index (χ0v) is 11.2. The van der Waals surface area contributed by atoms with Gasteiger partial charge in [0.2, 0.25) is 0 Å². The molecule has 2 aromatic rings. The zero-order chi connectivity index (χ0) is 15.6. The van der Waals surface area contributed by atoms with Gasteiger partial charge in [0, 0.05) is 5.69 Å². The maximum atomic E-state index is 13.2. The van der Waals surface area contributed by atoms with E-state index in [0.717, 1.165) is 6.07 Å². The highest BCUT2D eigenvalue weighted by Gasteiger charge is 2.34. The SMILES string of the molecule is NC(=S)c1cccc(Nc2ccc(F)c(C(F)(F)F)c2)n1. The molecule has 0 radical (unpaired) electrons. The summed E-state index contributed by atoms with van der Waals surface area (Å²) in [7, 11) is 0. The average molecular weight is 315 g/mol. The molecule has 0 spiro atoms. The lowest BCUT2D eigenvalue weighted by atomic mass is 10.2. The lowest BCUT2D eigenvalue weighted by molar-refractivity contribution is -0.139. The van der Waals surface area contributed by atoms with Gasteiger partial charge in [0.15, 0.2) is 0 Å². The molecule has 0 atom stereocenters. The van der Waals surface area contributed by atoms with Gasteiger partial charge in [0.05, 0.1) is 11.3 Å². The number of alkyl halides is 3. The molecule has 0 amide bonds. The second-order valence-corrected chi connectivity index (χ2v) is 4.53. The molecule has 1 heterocycles. The summed E-state index contributed by atoms with van der Waals surface area (Å²) in [6.07, 6.45) is -4.77. The minimum absolute atomic E-state index is 0.0521. The molecule has 0 unspecified atom stereocenters. The van der Waals surface area contributed by atoms with Crippen molar-refractivity contribution in [3.63, 3.8) is 0 Å². The van der Waals surface area contributed by atoms with Crippen LogP contribution in [0.25, 0.3) is 0 Å². The van der Waals surface area contributed by atoms with Crippen molar-refractivity contribution < 1.29 is 17.6 Å². The van der Waals surface area contributed by atoms with Crippen LogP contribution in [0.1, 0.15) is 11.3 Å². The van der Waals surface area contributed by atoms with E-state index in [-0.39, 0.29) is 16.5 Å². The molecule has 0 bridgehead atoms. The van der Waals surface area contributed by atoms with E-state index in [1.807, 2.05) is 0 Å². The lowest BCUT2D eigenvalue weighted by Crippen LogP contribution is -2.12. The number of benzene rings is 1. The average Bonchev–Trinajstić information content (AvgIpc) is 2.40. The lowest BCUT2D eigenvalue weighted by Gasteiger charge is -2.11. The van der Waals surface area contributed by atoms with Crippen LogP contribution >= 0.6 is 12.2 Å². The molecule has 1 aromatic carbocycles. The molecule has 0 aliphatic heterocycles. The van der Waals surface area contributed by atoms with E-state index in [0.29, 0.717) is 11.8 Å². The van der Waals surface area contributed by atoms with Crippen LogP contribution in [0, 0.1) is 5.82 Å². The smallest absolute Gasteiger partial charge is 0.388 e. The van der Waals surface area contributed by atoms with Gasteiger partial charge in [-0.25, -0.2) is 9.37 Å². The summed E-state index contributed by atoms with van der Waals surface area (Å²) >= 11 is 4.76. The number of thiocarbonyl (C=S) groups is 1. The first-order valence-electron chi connectivity index (χ1n) is 5.68. The van der Waals surface area contributed by atoms with Crippen molar-refractivity contribution in [3.05, 3.63) is 53.5 Å². The topological polar surface area (TPSA) is 50.9 Å². The van der Waals surface area contributed by atoms with Gasteiger partial charge in [0.25, 0.3) is 0 Å².